The van der Waals surface area contributed by atoms with Crippen LogP contribution in [0.2, 0.25) is 0 Å². The van der Waals surface area contributed by atoms with Gasteiger partial charge < -0.3 is 19.9 Å². The van der Waals surface area contributed by atoms with Gasteiger partial charge in [-0.15, -0.1) is 0 Å². The predicted octanol–water partition coefficient (Wildman–Crippen LogP) is 1.88. The van der Waals surface area contributed by atoms with Crippen molar-refractivity contribution in [2.75, 3.05) is 39.3 Å². The Labute approximate surface area is 155 Å². The van der Waals surface area contributed by atoms with Gasteiger partial charge in [-0.1, -0.05) is 23.8 Å². The molecule has 1 N–H and O–H groups in total. The van der Waals surface area contributed by atoms with Crippen LogP contribution in [-0.2, 0) is 16.0 Å². The molecule has 3 rings (SSSR count). The molecule has 0 spiro atoms. The van der Waals surface area contributed by atoms with Crippen LogP contribution in [0.15, 0.2) is 18.2 Å². The van der Waals surface area contributed by atoms with Gasteiger partial charge in [-0.05, 0) is 44.2 Å². The summed E-state index contributed by atoms with van der Waals surface area (Å²) in [6, 6.07) is 6.36. The summed E-state index contributed by atoms with van der Waals surface area (Å²) in [5, 5.41) is 3.00. The molecule has 6 nitrogen and oxygen atoms in total. The molecular weight excluding hydrogens is 330 g/mol. The van der Waals surface area contributed by atoms with E-state index in [1.165, 1.54) is 16.7 Å². The number of carbonyl (C=O) groups is 2. The topological polar surface area (TPSA) is 61.9 Å². The third kappa shape index (κ3) is 4.55. The Morgan fingerprint density at radius 2 is 1.88 bits per heavy atom. The number of nitrogens with one attached hydrogen (secondary N) is 1. The van der Waals surface area contributed by atoms with Crippen molar-refractivity contribution in [2.24, 2.45) is 0 Å². The van der Waals surface area contributed by atoms with Crippen molar-refractivity contribution in [1.82, 2.24) is 15.1 Å². The van der Waals surface area contributed by atoms with Gasteiger partial charge in [0.15, 0.2) is 0 Å². The first-order valence-electron chi connectivity index (χ1n) is 9.54. The third-order valence-electron chi connectivity index (χ3n) is 5.25. The molecule has 0 aromatic heterocycles. The molecular formula is C20H29N3O3. The number of piperazine rings is 1. The summed E-state index contributed by atoms with van der Waals surface area (Å²) >= 11 is 0. The zero-order valence-corrected chi connectivity index (χ0v) is 15.8. The summed E-state index contributed by atoms with van der Waals surface area (Å²) in [5.74, 6) is 0.0809. The maximum absolute atomic E-state index is 12.3. The van der Waals surface area contributed by atoms with Crippen LogP contribution in [0.3, 0.4) is 0 Å². The number of benzene rings is 1. The van der Waals surface area contributed by atoms with E-state index in [9.17, 15) is 9.59 Å². The zero-order valence-electron chi connectivity index (χ0n) is 15.8. The third-order valence-corrected chi connectivity index (χ3v) is 5.25. The van der Waals surface area contributed by atoms with E-state index in [1.54, 1.807) is 4.90 Å². The molecule has 0 aliphatic carbocycles. The molecule has 1 aromatic carbocycles. The molecule has 0 radical (unpaired) electrons. The monoisotopic (exact) mass is 359 g/mol. The second-order valence-electron chi connectivity index (χ2n) is 7.23. The van der Waals surface area contributed by atoms with Crippen LogP contribution in [0.1, 0.15) is 29.5 Å². The Hall–Kier alpha value is -2.08. The Bertz CT molecular complexity index is 648. The number of rotatable bonds is 4. The molecule has 3 amide bonds. The van der Waals surface area contributed by atoms with E-state index in [0.29, 0.717) is 39.3 Å². The van der Waals surface area contributed by atoms with E-state index in [1.807, 2.05) is 4.90 Å². The highest BCUT2D eigenvalue weighted by atomic mass is 16.5. The molecule has 1 unspecified atom stereocenters. The highest BCUT2D eigenvalue weighted by molar-refractivity contribution is 5.81. The summed E-state index contributed by atoms with van der Waals surface area (Å²) < 4.78 is 5.47. The quantitative estimate of drug-likeness (QED) is 0.893. The zero-order chi connectivity index (χ0) is 18.5. The van der Waals surface area contributed by atoms with Gasteiger partial charge in [-0.3, -0.25) is 4.79 Å². The lowest BCUT2D eigenvalue weighted by Crippen LogP contribution is -2.55. The average Bonchev–Trinajstić information content (AvgIpc) is 3.17. The molecule has 0 saturated carbocycles. The van der Waals surface area contributed by atoms with Gasteiger partial charge in [0.2, 0.25) is 0 Å². The van der Waals surface area contributed by atoms with Gasteiger partial charge >= 0.3 is 6.03 Å². The van der Waals surface area contributed by atoms with Crippen LogP contribution >= 0.6 is 0 Å². The number of ether oxygens (including phenoxy) is 1. The highest BCUT2D eigenvalue weighted by Crippen LogP contribution is 2.16. The van der Waals surface area contributed by atoms with E-state index in [0.717, 1.165) is 19.3 Å². The van der Waals surface area contributed by atoms with Crippen molar-refractivity contribution in [2.45, 2.75) is 39.2 Å². The maximum Gasteiger partial charge on any atom is 0.317 e. The highest BCUT2D eigenvalue weighted by Gasteiger charge is 2.31. The molecule has 0 bridgehead atoms. The summed E-state index contributed by atoms with van der Waals surface area (Å²) in [7, 11) is 0. The van der Waals surface area contributed by atoms with Gasteiger partial charge in [-0.25, -0.2) is 4.79 Å². The molecule has 1 atom stereocenters. The largest absolute Gasteiger partial charge is 0.368 e. The minimum absolute atomic E-state index is 0.0426. The van der Waals surface area contributed by atoms with Crippen LogP contribution in [-0.4, -0.2) is 67.2 Å². The number of carbonyl (C=O) groups excluding carboxylic acids is 2. The van der Waals surface area contributed by atoms with Gasteiger partial charge in [0.25, 0.3) is 5.91 Å². The van der Waals surface area contributed by atoms with Crippen molar-refractivity contribution in [3.63, 3.8) is 0 Å². The van der Waals surface area contributed by atoms with Gasteiger partial charge in [0.05, 0.1) is 0 Å². The normalized spacial score (nSPS) is 20.3. The molecule has 6 heteroatoms. The van der Waals surface area contributed by atoms with Crippen molar-refractivity contribution >= 4 is 11.9 Å². The van der Waals surface area contributed by atoms with E-state index in [2.05, 4.69) is 37.4 Å². The lowest BCUT2D eigenvalue weighted by atomic mass is 10.0. The Balaban J connectivity index is 1.40. The second kappa shape index (κ2) is 8.54. The minimum Gasteiger partial charge on any atom is -0.368 e. The number of hydrogen-bond donors (Lipinski definition) is 1. The predicted molar refractivity (Wildman–Crippen MR) is 100 cm³/mol. The molecule has 142 valence electrons. The molecule has 2 heterocycles. The van der Waals surface area contributed by atoms with Crippen LogP contribution in [0.25, 0.3) is 0 Å². The fraction of sp³-hybridized carbons (Fsp3) is 0.600. The second-order valence-corrected chi connectivity index (χ2v) is 7.23. The lowest BCUT2D eigenvalue weighted by molar-refractivity contribution is -0.142. The molecule has 2 aliphatic rings. The van der Waals surface area contributed by atoms with Crippen LogP contribution in [0, 0.1) is 13.8 Å². The van der Waals surface area contributed by atoms with E-state index in [4.69, 9.17) is 4.74 Å². The number of aryl methyl sites for hydroxylation is 2. The summed E-state index contributed by atoms with van der Waals surface area (Å²) in [5.41, 5.74) is 3.79. The van der Waals surface area contributed by atoms with Crippen molar-refractivity contribution < 1.29 is 14.3 Å². The fourth-order valence-corrected chi connectivity index (χ4v) is 3.65. The summed E-state index contributed by atoms with van der Waals surface area (Å²) in [6.07, 6.45) is 2.33. The summed E-state index contributed by atoms with van der Waals surface area (Å²) in [6.45, 7) is 7.82. The van der Waals surface area contributed by atoms with Gasteiger partial charge in [0, 0.05) is 39.3 Å². The first-order chi connectivity index (χ1) is 12.5. The van der Waals surface area contributed by atoms with Gasteiger partial charge in [-0.2, -0.15) is 0 Å². The standard InChI is InChI=1S/C20H29N3O3/c1-15-5-6-17(16(2)14-15)7-8-21-20(25)23-11-9-22(10-12-23)19(24)18-4-3-13-26-18/h5-6,14,18H,3-4,7-13H2,1-2H3,(H,21,25). The summed E-state index contributed by atoms with van der Waals surface area (Å²) in [4.78, 5) is 28.3. The van der Waals surface area contributed by atoms with E-state index < -0.39 is 0 Å². The fourth-order valence-electron chi connectivity index (χ4n) is 3.65. The van der Waals surface area contributed by atoms with Crippen molar-refractivity contribution in [3.05, 3.63) is 34.9 Å². The Morgan fingerprint density at radius 3 is 2.54 bits per heavy atom. The molecule has 2 fully saturated rings. The van der Waals surface area contributed by atoms with Crippen LogP contribution in [0.5, 0.6) is 0 Å². The smallest absolute Gasteiger partial charge is 0.317 e. The number of amides is 3. The first kappa shape index (κ1) is 18.7. The van der Waals surface area contributed by atoms with E-state index in [-0.39, 0.29) is 18.0 Å². The number of nitrogens with zero attached hydrogens (tertiary/aromatic N) is 2. The molecule has 2 saturated heterocycles. The first-order valence-corrected chi connectivity index (χ1v) is 9.54. The van der Waals surface area contributed by atoms with Crippen LogP contribution < -0.4 is 5.32 Å². The van der Waals surface area contributed by atoms with Crippen molar-refractivity contribution in [3.8, 4) is 0 Å². The molecule has 1 aromatic rings. The van der Waals surface area contributed by atoms with E-state index >= 15 is 0 Å². The molecule has 2 aliphatic heterocycles. The Morgan fingerprint density at radius 1 is 1.15 bits per heavy atom. The lowest BCUT2D eigenvalue weighted by Gasteiger charge is -2.35. The number of hydrogen-bond acceptors (Lipinski definition) is 3. The number of urea groups is 1. The van der Waals surface area contributed by atoms with Crippen LogP contribution in [0.4, 0.5) is 4.79 Å². The maximum atomic E-state index is 12.3. The molecule has 26 heavy (non-hydrogen) atoms. The SMILES string of the molecule is Cc1ccc(CCNC(=O)N2CCN(C(=O)C3CCCO3)CC2)c(C)c1. The van der Waals surface area contributed by atoms with Gasteiger partial charge in [0.1, 0.15) is 6.10 Å². The van der Waals surface area contributed by atoms with Crippen molar-refractivity contribution in [1.29, 1.82) is 0 Å². The average molecular weight is 359 g/mol. The Kier molecular flexibility index (Phi) is 6.14. The minimum atomic E-state index is -0.270.